The molecule has 0 radical (unpaired) electrons. The molecule has 1 aliphatic heterocycles. The number of thiazole rings is 1. The average molecular weight is 273 g/mol. The maximum Gasteiger partial charge on any atom is 0.0898 e. The van der Waals surface area contributed by atoms with E-state index in [0.29, 0.717) is 0 Å². The number of hydrogen-bond acceptors (Lipinski definition) is 4. The first-order valence-corrected chi connectivity index (χ1v) is 7.69. The Bertz CT molecular complexity index is 527. The molecule has 3 nitrogen and oxygen atoms in total. The van der Waals surface area contributed by atoms with Crippen molar-refractivity contribution >= 4 is 22.7 Å². The first-order valence-electron chi connectivity index (χ1n) is 6.81. The Kier molecular flexibility index (Phi) is 3.69. The van der Waals surface area contributed by atoms with Gasteiger partial charge in [0.05, 0.1) is 17.2 Å². The molecule has 1 fully saturated rings. The second kappa shape index (κ2) is 5.61. The molecule has 1 aromatic heterocycles. The normalized spacial score (nSPS) is 14.9. The third kappa shape index (κ3) is 3.07. The molecule has 100 valence electrons. The molecule has 1 N–H and O–H groups in total. The van der Waals surface area contributed by atoms with Gasteiger partial charge in [-0.2, -0.15) is 0 Å². The molecule has 2 heterocycles. The van der Waals surface area contributed by atoms with E-state index in [-0.39, 0.29) is 0 Å². The number of nitrogens with zero attached hydrogens (tertiary/aromatic N) is 2. The van der Waals surface area contributed by atoms with Crippen LogP contribution in [0.5, 0.6) is 0 Å². The molecular weight excluding hydrogens is 254 g/mol. The fourth-order valence-corrected chi connectivity index (χ4v) is 3.06. The van der Waals surface area contributed by atoms with Crippen molar-refractivity contribution in [3.63, 3.8) is 0 Å². The highest BCUT2D eigenvalue weighted by Crippen LogP contribution is 2.22. The molecule has 0 spiro atoms. The number of rotatable bonds is 4. The molecule has 1 saturated heterocycles. The van der Waals surface area contributed by atoms with Gasteiger partial charge in [-0.3, -0.25) is 0 Å². The molecule has 1 aliphatic rings. The summed E-state index contributed by atoms with van der Waals surface area (Å²) in [5.41, 5.74) is 3.62. The van der Waals surface area contributed by atoms with E-state index < -0.39 is 0 Å². The van der Waals surface area contributed by atoms with Crippen molar-refractivity contribution in [1.29, 1.82) is 0 Å². The summed E-state index contributed by atoms with van der Waals surface area (Å²) in [5.74, 6) is 0. The van der Waals surface area contributed by atoms with Crippen LogP contribution in [0.1, 0.15) is 23.5 Å². The molecule has 3 rings (SSSR count). The van der Waals surface area contributed by atoms with Crippen LogP contribution in [0, 0.1) is 6.92 Å². The fourth-order valence-electron chi connectivity index (χ4n) is 2.45. The lowest BCUT2D eigenvalue weighted by molar-refractivity contribution is 0.949. The van der Waals surface area contributed by atoms with Gasteiger partial charge in [-0.15, -0.1) is 11.3 Å². The Morgan fingerprint density at radius 2 is 1.95 bits per heavy atom. The molecule has 0 atom stereocenters. The van der Waals surface area contributed by atoms with Crippen molar-refractivity contribution in [1.82, 2.24) is 4.98 Å². The van der Waals surface area contributed by atoms with Gasteiger partial charge in [0.1, 0.15) is 0 Å². The summed E-state index contributed by atoms with van der Waals surface area (Å²) < 4.78 is 0. The second-order valence-corrected chi connectivity index (χ2v) is 6.01. The highest BCUT2D eigenvalue weighted by atomic mass is 32.1. The smallest absolute Gasteiger partial charge is 0.0898 e. The third-order valence-electron chi connectivity index (χ3n) is 3.48. The van der Waals surface area contributed by atoms with Crippen LogP contribution in [-0.2, 0) is 6.54 Å². The Hall–Kier alpha value is -1.55. The van der Waals surface area contributed by atoms with Gasteiger partial charge in [0.25, 0.3) is 0 Å². The Morgan fingerprint density at radius 1 is 1.21 bits per heavy atom. The van der Waals surface area contributed by atoms with Gasteiger partial charge in [0, 0.05) is 29.8 Å². The second-order valence-electron chi connectivity index (χ2n) is 4.95. The van der Waals surface area contributed by atoms with Crippen LogP contribution < -0.4 is 10.2 Å². The standard InChI is InChI=1S/C15H19N3S/c1-12-17-14(11-19-12)10-16-13-4-6-15(7-5-13)18-8-2-3-9-18/h4-7,11,16H,2-3,8-10H2,1H3. The molecule has 0 saturated carbocycles. The van der Waals surface area contributed by atoms with Gasteiger partial charge in [0.2, 0.25) is 0 Å². The summed E-state index contributed by atoms with van der Waals surface area (Å²) in [5, 5.41) is 6.66. The number of hydrogen-bond donors (Lipinski definition) is 1. The molecule has 1 aromatic carbocycles. The lowest BCUT2D eigenvalue weighted by Gasteiger charge is -2.17. The molecule has 2 aromatic rings. The van der Waals surface area contributed by atoms with Gasteiger partial charge in [-0.25, -0.2) is 4.98 Å². The van der Waals surface area contributed by atoms with Gasteiger partial charge < -0.3 is 10.2 Å². The van der Waals surface area contributed by atoms with Crippen molar-refractivity contribution in [3.05, 3.63) is 40.3 Å². The van der Waals surface area contributed by atoms with E-state index in [2.05, 4.69) is 44.8 Å². The minimum absolute atomic E-state index is 0.799. The predicted molar refractivity (Wildman–Crippen MR) is 82.1 cm³/mol. The molecule has 4 heteroatoms. The van der Waals surface area contributed by atoms with Gasteiger partial charge in [0.15, 0.2) is 0 Å². The van der Waals surface area contributed by atoms with E-state index in [4.69, 9.17) is 0 Å². The van der Waals surface area contributed by atoms with Crippen LogP contribution >= 0.6 is 11.3 Å². The van der Waals surface area contributed by atoms with Crippen LogP contribution in [0.4, 0.5) is 11.4 Å². The minimum Gasteiger partial charge on any atom is -0.379 e. The lowest BCUT2D eigenvalue weighted by Crippen LogP contribution is -2.17. The largest absolute Gasteiger partial charge is 0.379 e. The van der Waals surface area contributed by atoms with Crippen LogP contribution in [-0.4, -0.2) is 18.1 Å². The average Bonchev–Trinajstić information content (AvgIpc) is 3.08. The van der Waals surface area contributed by atoms with Crippen molar-refractivity contribution < 1.29 is 0 Å². The molecule has 19 heavy (non-hydrogen) atoms. The van der Waals surface area contributed by atoms with Gasteiger partial charge in [-0.05, 0) is 44.0 Å². The van der Waals surface area contributed by atoms with Gasteiger partial charge in [-0.1, -0.05) is 0 Å². The van der Waals surface area contributed by atoms with E-state index >= 15 is 0 Å². The summed E-state index contributed by atoms with van der Waals surface area (Å²) in [6.45, 7) is 5.24. The lowest BCUT2D eigenvalue weighted by atomic mass is 10.2. The Balaban J connectivity index is 1.59. The summed E-state index contributed by atoms with van der Waals surface area (Å²) in [6.07, 6.45) is 2.65. The number of nitrogens with one attached hydrogen (secondary N) is 1. The summed E-state index contributed by atoms with van der Waals surface area (Å²) in [7, 11) is 0. The molecule has 0 aliphatic carbocycles. The topological polar surface area (TPSA) is 28.2 Å². The maximum absolute atomic E-state index is 4.45. The fraction of sp³-hybridized carbons (Fsp3) is 0.400. The molecule has 0 amide bonds. The van der Waals surface area contributed by atoms with Crippen LogP contribution in [0.2, 0.25) is 0 Å². The van der Waals surface area contributed by atoms with Crippen molar-refractivity contribution in [2.24, 2.45) is 0 Å². The van der Waals surface area contributed by atoms with E-state index in [0.717, 1.165) is 22.9 Å². The van der Waals surface area contributed by atoms with Crippen molar-refractivity contribution in [2.45, 2.75) is 26.3 Å². The summed E-state index contributed by atoms with van der Waals surface area (Å²) in [4.78, 5) is 6.91. The molecule has 0 bridgehead atoms. The Labute approximate surface area is 118 Å². The highest BCUT2D eigenvalue weighted by Gasteiger charge is 2.11. The van der Waals surface area contributed by atoms with E-state index in [1.807, 2.05) is 6.92 Å². The zero-order valence-corrected chi connectivity index (χ0v) is 12.0. The first kappa shape index (κ1) is 12.5. The van der Waals surface area contributed by atoms with Crippen LogP contribution in [0.15, 0.2) is 29.6 Å². The third-order valence-corrected chi connectivity index (χ3v) is 4.30. The first-order chi connectivity index (χ1) is 9.31. The zero-order valence-electron chi connectivity index (χ0n) is 11.2. The minimum atomic E-state index is 0.799. The quantitative estimate of drug-likeness (QED) is 0.921. The van der Waals surface area contributed by atoms with Gasteiger partial charge >= 0.3 is 0 Å². The van der Waals surface area contributed by atoms with Crippen LogP contribution in [0.3, 0.4) is 0 Å². The zero-order chi connectivity index (χ0) is 13.1. The number of anilines is 2. The van der Waals surface area contributed by atoms with E-state index in [1.165, 1.54) is 31.6 Å². The summed E-state index contributed by atoms with van der Waals surface area (Å²) >= 11 is 1.70. The highest BCUT2D eigenvalue weighted by molar-refractivity contribution is 7.09. The summed E-state index contributed by atoms with van der Waals surface area (Å²) in [6, 6.07) is 8.74. The number of aryl methyl sites for hydroxylation is 1. The van der Waals surface area contributed by atoms with E-state index in [9.17, 15) is 0 Å². The predicted octanol–water partition coefficient (Wildman–Crippen LogP) is 3.66. The maximum atomic E-state index is 4.45. The molecule has 0 unspecified atom stereocenters. The van der Waals surface area contributed by atoms with Crippen molar-refractivity contribution in [3.8, 4) is 0 Å². The van der Waals surface area contributed by atoms with E-state index in [1.54, 1.807) is 11.3 Å². The number of benzene rings is 1. The number of aromatic nitrogens is 1. The van der Waals surface area contributed by atoms with Crippen molar-refractivity contribution in [2.75, 3.05) is 23.3 Å². The SMILES string of the molecule is Cc1nc(CNc2ccc(N3CCCC3)cc2)cs1. The molecular formula is C15H19N3S. The monoisotopic (exact) mass is 273 g/mol. The Morgan fingerprint density at radius 3 is 2.58 bits per heavy atom. The van der Waals surface area contributed by atoms with Crippen LogP contribution in [0.25, 0.3) is 0 Å².